The van der Waals surface area contributed by atoms with Crippen molar-refractivity contribution in [1.82, 2.24) is 4.98 Å². The molecule has 1 aromatic carbocycles. The van der Waals surface area contributed by atoms with E-state index in [1.54, 1.807) is 7.11 Å². The molecule has 0 radical (unpaired) electrons. The molecule has 1 aromatic heterocycles. The number of benzene rings is 1. The van der Waals surface area contributed by atoms with Crippen LogP contribution < -0.4 is 10.1 Å². The molecule has 0 fully saturated rings. The van der Waals surface area contributed by atoms with E-state index in [1.165, 1.54) is 25.7 Å². The molecule has 0 amide bonds. The Balaban J connectivity index is 2.15. The molecule has 1 N–H and O–H groups in total. The summed E-state index contributed by atoms with van der Waals surface area (Å²) in [6.07, 6.45) is 6.91. The van der Waals surface area contributed by atoms with Crippen LogP contribution in [0.1, 0.15) is 39.5 Å². The van der Waals surface area contributed by atoms with Gasteiger partial charge in [0.05, 0.1) is 7.11 Å². The summed E-state index contributed by atoms with van der Waals surface area (Å²) in [5, 5.41) is 5.77. The van der Waals surface area contributed by atoms with Crippen LogP contribution in [-0.2, 0) is 0 Å². The van der Waals surface area contributed by atoms with Crippen molar-refractivity contribution in [2.45, 2.75) is 39.5 Å². The monoisotopic (exact) mass is 286 g/mol. The van der Waals surface area contributed by atoms with Crippen LogP contribution in [0.15, 0.2) is 30.5 Å². The number of pyridine rings is 1. The van der Waals surface area contributed by atoms with Crippen molar-refractivity contribution >= 4 is 16.6 Å². The number of anilines is 1. The van der Waals surface area contributed by atoms with Crippen LogP contribution >= 0.6 is 0 Å². The molecule has 0 saturated carbocycles. The minimum absolute atomic E-state index is 0.715. The lowest BCUT2D eigenvalue weighted by Crippen LogP contribution is -2.14. The molecular formula is C18H26N2O. The highest BCUT2D eigenvalue weighted by Gasteiger charge is 2.09. The van der Waals surface area contributed by atoms with E-state index >= 15 is 0 Å². The molecule has 2 aromatic rings. The SMILES string of the molecule is CCCCC(CC)CNc1nccc2c(OC)cccc12. The number of aromatic nitrogens is 1. The number of hydrogen-bond donors (Lipinski definition) is 1. The van der Waals surface area contributed by atoms with E-state index in [9.17, 15) is 0 Å². The molecule has 3 heteroatoms. The largest absolute Gasteiger partial charge is 0.496 e. The van der Waals surface area contributed by atoms with Crippen LogP contribution in [0.25, 0.3) is 10.8 Å². The first-order valence-corrected chi connectivity index (χ1v) is 7.95. The van der Waals surface area contributed by atoms with E-state index in [-0.39, 0.29) is 0 Å². The van der Waals surface area contributed by atoms with Crippen molar-refractivity contribution in [3.05, 3.63) is 30.5 Å². The molecular weight excluding hydrogens is 260 g/mol. The normalized spacial score (nSPS) is 12.3. The average Bonchev–Trinajstić information content (AvgIpc) is 2.54. The second-order valence-corrected chi connectivity index (χ2v) is 5.51. The number of hydrogen-bond acceptors (Lipinski definition) is 3. The maximum Gasteiger partial charge on any atom is 0.133 e. The third-order valence-corrected chi connectivity index (χ3v) is 4.09. The topological polar surface area (TPSA) is 34.2 Å². The predicted molar refractivity (Wildman–Crippen MR) is 90.1 cm³/mol. The highest BCUT2D eigenvalue weighted by molar-refractivity contribution is 5.95. The molecule has 114 valence electrons. The number of nitrogens with one attached hydrogen (secondary N) is 1. The summed E-state index contributed by atoms with van der Waals surface area (Å²) in [5.41, 5.74) is 0. The Kier molecular flexibility index (Phi) is 5.85. The molecule has 2 rings (SSSR count). The standard InChI is InChI=1S/C18H26N2O/c1-4-6-8-14(5-2)13-20-18-16-9-7-10-17(21-3)15(16)11-12-19-18/h7,9-12,14H,4-6,8,13H2,1-3H3,(H,19,20). The molecule has 0 bridgehead atoms. The van der Waals surface area contributed by atoms with Gasteiger partial charge in [-0.1, -0.05) is 45.2 Å². The number of nitrogens with zero attached hydrogens (tertiary/aromatic N) is 1. The number of unbranched alkanes of at least 4 members (excludes halogenated alkanes) is 1. The van der Waals surface area contributed by atoms with Crippen molar-refractivity contribution < 1.29 is 4.74 Å². The molecule has 0 aliphatic rings. The van der Waals surface area contributed by atoms with Crippen LogP contribution in [0, 0.1) is 5.92 Å². The van der Waals surface area contributed by atoms with Gasteiger partial charge in [-0.05, 0) is 24.5 Å². The lowest BCUT2D eigenvalue weighted by atomic mass is 9.99. The van der Waals surface area contributed by atoms with E-state index in [0.29, 0.717) is 5.92 Å². The summed E-state index contributed by atoms with van der Waals surface area (Å²) in [5.74, 6) is 2.57. The maximum atomic E-state index is 5.43. The summed E-state index contributed by atoms with van der Waals surface area (Å²) in [6, 6.07) is 8.11. The number of rotatable bonds is 8. The first-order valence-electron chi connectivity index (χ1n) is 7.95. The number of ether oxygens (including phenoxy) is 1. The Morgan fingerprint density at radius 3 is 2.76 bits per heavy atom. The van der Waals surface area contributed by atoms with Crippen LogP contribution in [0.5, 0.6) is 5.75 Å². The third-order valence-electron chi connectivity index (χ3n) is 4.09. The Hall–Kier alpha value is -1.77. The summed E-state index contributed by atoms with van der Waals surface area (Å²) < 4.78 is 5.43. The summed E-state index contributed by atoms with van der Waals surface area (Å²) in [7, 11) is 1.71. The highest BCUT2D eigenvalue weighted by atomic mass is 16.5. The van der Waals surface area contributed by atoms with Gasteiger partial charge in [0.1, 0.15) is 11.6 Å². The zero-order valence-corrected chi connectivity index (χ0v) is 13.4. The minimum Gasteiger partial charge on any atom is -0.496 e. The fourth-order valence-corrected chi connectivity index (χ4v) is 2.68. The van der Waals surface area contributed by atoms with Crippen molar-refractivity contribution in [3.8, 4) is 5.75 Å². The Morgan fingerprint density at radius 2 is 2.05 bits per heavy atom. The van der Waals surface area contributed by atoms with Gasteiger partial charge in [0.15, 0.2) is 0 Å². The Morgan fingerprint density at radius 1 is 1.19 bits per heavy atom. The van der Waals surface area contributed by atoms with Crippen LogP contribution in [0.3, 0.4) is 0 Å². The van der Waals surface area contributed by atoms with Gasteiger partial charge in [-0.25, -0.2) is 4.98 Å². The summed E-state index contributed by atoms with van der Waals surface area (Å²) in [4.78, 5) is 4.50. The number of methoxy groups -OCH3 is 1. The Labute approximate surface area is 127 Å². The second kappa shape index (κ2) is 7.87. The van der Waals surface area contributed by atoms with Gasteiger partial charge in [-0.15, -0.1) is 0 Å². The molecule has 0 spiro atoms. The second-order valence-electron chi connectivity index (χ2n) is 5.51. The first-order chi connectivity index (χ1) is 10.3. The molecule has 3 nitrogen and oxygen atoms in total. The molecule has 0 aliphatic heterocycles. The van der Waals surface area contributed by atoms with E-state index in [1.807, 2.05) is 24.4 Å². The minimum atomic E-state index is 0.715. The van der Waals surface area contributed by atoms with Gasteiger partial charge in [0.2, 0.25) is 0 Å². The van der Waals surface area contributed by atoms with Crippen LogP contribution in [-0.4, -0.2) is 18.6 Å². The van der Waals surface area contributed by atoms with E-state index in [0.717, 1.165) is 28.9 Å². The molecule has 1 atom stereocenters. The molecule has 1 heterocycles. The lowest BCUT2D eigenvalue weighted by molar-refractivity contribution is 0.420. The Bertz CT molecular complexity index is 568. The molecule has 21 heavy (non-hydrogen) atoms. The zero-order valence-electron chi connectivity index (χ0n) is 13.4. The van der Waals surface area contributed by atoms with Gasteiger partial charge >= 0.3 is 0 Å². The van der Waals surface area contributed by atoms with Gasteiger partial charge < -0.3 is 10.1 Å². The molecule has 0 aliphatic carbocycles. The van der Waals surface area contributed by atoms with E-state index in [4.69, 9.17) is 4.74 Å². The fraction of sp³-hybridized carbons (Fsp3) is 0.500. The van der Waals surface area contributed by atoms with Crippen molar-refractivity contribution in [3.63, 3.8) is 0 Å². The van der Waals surface area contributed by atoms with Gasteiger partial charge in [-0.2, -0.15) is 0 Å². The predicted octanol–water partition coefficient (Wildman–Crippen LogP) is 4.87. The first kappa shape index (κ1) is 15.6. The van der Waals surface area contributed by atoms with Crippen molar-refractivity contribution in [2.24, 2.45) is 5.92 Å². The third kappa shape index (κ3) is 3.87. The smallest absolute Gasteiger partial charge is 0.133 e. The average molecular weight is 286 g/mol. The number of fused-ring (bicyclic) bond motifs is 1. The zero-order chi connectivity index (χ0) is 15.1. The van der Waals surface area contributed by atoms with Crippen LogP contribution in [0.2, 0.25) is 0 Å². The maximum absolute atomic E-state index is 5.43. The van der Waals surface area contributed by atoms with Gasteiger partial charge in [-0.3, -0.25) is 0 Å². The molecule has 0 saturated heterocycles. The quantitative estimate of drug-likeness (QED) is 0.751. The van der Waals surface area contributed by atoms with Crippen LogP contribution in [0.4, 0.5) is 5.82 Å². The lowest BCUT2D eigenvalue weighted by Gasteiger charge is -2.17. The highest BCUT2D eigenvalue weighted by Crippen LogP contribution is 2.29. The van der Waals surface area contributed by atoms with Crippen molar-refractivity contribution in [2.75, 3.05) is 19.0 Å². The summed E-state index contributed by atoms with van der Waals surface area (Å²) >= 11 is 0. The van der Waals surface area contributed by atoms with Gasteiger partial charge in [0, 0.05) is 23.5 Å². The van der Waals surface area contributed by atoms with E-state index < -0.39 is 0 Å². The molecule has 1 unspecified atom stereocenters. The van der Waals surface area contributed by atoms with E-state index in [2.05, 4.69) is 30.2 Å². The summed E-state index contributed by atoms with van der Waals surface area (Å²) in [6.45, 7) is 5.50. The van der Waals surface area contributed by atoms with Crippen molar-refractivity contribution in [1.29, 1.82) is 0 Å². The fourth-order valence-electron chi connectivity index (χ4n) is 2.68. The van der Waals surface area contributed by atoms with Gasteiger partial charge in [0.25, 0.3) is 0 Å².